The van der Waals surface area contributed by atoms with E-state index in [9.17, 15) is 4.39 Å². The minimum atomic E-state index is -0.290. The predicted octanol–water partition coefficient (Wildman–Crippen LogP) is 3.65. The van der Waals surface area contributed by atoms with E-state index in [4.69, 9.17) is 15.2 Å². The van der Waals surface area contributed by atoms with Crippen molar-refractivity contribution < 1.29 is 13.9 Å². The largest absolute Gasteiger partial charge is 0.490 e. The molecule has 112 valence electrons. The molecular weight excluding hydrogens is 269 g/mol. The van der Waals surface area contributed by atoms with E-state index in [0.29, 0.717) is 24.7 Å². The Morgan fingerprint density at radius 1 is 1.00 bits per heavy atom. The molecule has 2 rings (SSSR count). The Morgan fingerprint density at radius 3 is 2.38 bits per heavy atom. The first-order valence-corrected chi connectivity index (χ1v) is 7.06. The molecule has 0 saturated heterocycles. The van der Waals surface area contributed by atoms with Gasteiger partial charge in [-0.1, -0.05) is 25.1 Å². The zero-order valence-corrected chi connectivity index (χ0v) is 12.1. The molecule has 2 aromatic carbocycles. The van der Waals surface area contributed by atoms with Crippen molar-refractivity contribution in [3.63, 3.8) is 0 Å². The van der Waals surface area contributed by atoms with Gasteiger partial charge in [0, 0.05) is 6.54 Å². The van der Waals surface area contributed by atoms with Crippen LogP contribution in [0.5, 0.6) is 11.5 Å². The maximum atomic E-state index is 13.3. The molecule has 0 aliphatic rings. The van der Waals surface area contributed by atoms with E-state index in [-0.39, 0.29) is 12.4 Å². The van der Waals surface area contributed by atoms with Crippen LogP contribution in [0.15, 0.2) is 42.5 Å². The van der Waals surface area contributed by atoms with Gasteiger partial charge in [0.2, 0.25) is 0 Å². The second kappa shape index (κ2) is 7.64. The third-order valence-corrected chi connectivity index (χ3v) is 3.08. The molecule has 0 radical (unpaired) electrons. The van der Waals surface area contributed by atoms with Gasteiger partial charge >= 0.3 is 0 Å². The van der Waals surface area contributed by atoms with Crippen molar-refractivity contribution in [3.05, 3.63) is 59.4 Å². The van der Waals surface area contributed by atoms with Crippen LogP contribution in [0.1, 0.15) is 24.5 Å². The minimum absolute atomic E-state index is 0.261. The quantitative estimate of drug-likeness (QED) is 0.846. The molecule has 2 N–H and O–H groups in total. The van der Waals surface area contributed by atoms with Crippen LogP contribution in [0.2, 0.25) is 0 Å². The van der Waals surface area contributed by atoms with Crippen LogP contribution < -0.4 is 15.2 Å². The van der Waals surface area contributed by atoms with Gasteiger partial charge in [-0.15, -0.1) is 0 Å². The monoisotopic (exact) mass is 289 g/mol. The summed E-state index contributed by atoms with van der Waals surface area (Å²) in [5.41, 5.74) is 7.29. The highest BCUT2D eigenvalue weighted by molar-refractivity contribution is 5.40. The maximum Gasteiger partial charge on any atom is 0.161 e. The van der Waals surface area contributed by atoms with Crippen molar-refractivity contribution in [1.29, 1.82) is 0 Å². The van der Waals surface area contributed by atoms with Gasteiger partial charge in [0.1, 0.15) is 12.4 Å². The predicted molar refractivity (Wildman–Crippen MR) is 80.9 cm³/mol. The highest BCUT2D eigenvalue weighted by Gasteiger charge is 2.07. The average molecular weight is 289 g/mol. The fourth-order valence-corrected chi connectivity index (χ4v) is 1.98. The number of nitrogens with two attached hydrogens (primary N) is 1. The molecule has 0 atom stereocenters. The van der Waals surface area contributed by atoms with Crippen LogP contribution in [0, 0.1) is 5.82 Å². The molecule has 0 fully saturated rings. The van der Waals surface area contributed by atoms with Crippen molar-refractivity contribution in [3.8, 4) is 11.5 Å². The van der Waals surface area contributed by atoms with E-state index in [1.807, 2.05) is 31.2 Å². The number of para-hydroxylation sites is 2. The Kier molecular flexibility index (Phi) is 5.58. The lowest BCUT2D eigenvalue weighted by atomic mass is 10.1. The molecular formula is C17H20FNO2. The van der Waals surface area contributed by atoms with E-state index in [1.165, 1.54) is 12.1 Å². The lowest BCUT2D eigenvalue weighted by Gasteiger charge is -2.13. The number of ether oxygens (including phenoxy) is 2. The Labute approximate surface area is 124 Å². The third kappa shape index (κ3) is 4.20. The van der Waals surface area contributed by atoms with Gasteiger partial charge in [0.15, 0.2) is 11.5 Å². The van der Waals surface area contributed by atoms with Crippen LogP contribution in [0.3, 0.4) is 0 Å². The average Bonchev–Trinajstić information content (AvgIpc) is 2.52. The second-order valence-corrected chi connectivity index (χ2v) is 4.70. The van der Waals surface area contributed by atoms with Gasteiger partial charge in [-0.05, 0) is 41.8 Å². The van der Waals surface area contributed by atoms with E-state index in [0.717, 1.165) is 17.5 Å². The third-order valence-electron chi connectivity index (χ3n) is 3.08. The van der Waals surface area contributed by atoms with Gasteiger partial charge in [0.25, 0.3) is 0 Å². The molecule has 0 aromatic heterocycles. The van der Waals surface area contributed by atoms with E-state index in [2.05, 4.69) is 0 Å². The fourth-order valence-electron chi connectivity index (χ4n) is 1.98. The first-order valence-electron chi connectivity index (χ1n) is 7.06. The van der Waals surface area contributed by atoms with Crippen molar-refractivity contribution in [2.45, 2.75) is 26.5 Å². The first-order chi connectivity index (χ1) is 10.2. The summed E-state index contributed by atoms with van der Waals surface area (Å²) in [6.45, 7) is 3.29. The van der Waals surface area contributed by atoms with Gasteiger partial charge in [0.05, 0.1) is 6.61 Å². The van der Waals surface area contributed by atoms with Crippen molar-refractivity contribution in [2.24, 2.45) is 5.73 Å². The Morgan fingerprint density at radius 2 is 1.71 bits per heavy atom. The molecule has 0 aliphatic heterocycles. The van der Waals surface area contributed by atoms with Gasteiger partial charge < -0.3 is 15.2 Å². The summed E-state index contributed by atoms with van der Waals surface area (Å²) in [4.78, 5) is 0. The van der Waals surface area contributed by atoms with E-state index >= 15 is 0 Å². The number of hydrogen-bond donors (Lipinski definition) is 1. The molecule has 0 bridgehead atoms. The van der Waals surface area contributed by atoms with Crippen LogP contribution in [-0.4, -0.2) is 6.61 Å². The summed E-state index contributed by atoms with van der Waals surface area (Å²) in [7, 11) is 0. The minimum Gasteiger partial charge on any atom is -0.490 e. The number of hydrogen-bond acceptors (Lipinski definition) is 3. The molecule has 2 aromatic rings. The second-order valence-electron chi connectivity index (χ2n) is 4.70. The van der Waals surface area contributed by atoms with Crippen molar-refractivity contribution in [1.82, 2.24) is 0 Å². The molecule has 0 spiro atoms. The standard InChI is InChI=1S/C17H20FNO2/c1-2-9-20-16-5-3-4-6-17(16)21-12-14-10-15(18)8-7-13(14)11-19/h3-8,10H,2,9,11-12,19H2,1H3. The topological polar surface area (TPSA) is 44.5 Å². The summed E-state index contributed by atoms with van der Waals surface area (Å²) in [5.74, 6) is 1.06. The lowest BCUT2D eigenvalue weighted by Crippen LogP contribution is -2.06. The molecule has 4 heteroatoms. The normalized spacial score (nSPS) is 10.4. The summed E-state index contributed by atoms with van der Waals surface area (Å²) in [6.07, 6.45) is 0.926. The number of rotatable bonds is 7. The van der Waals surface area contributed by atoms with Gasteiger partial charge in [-0.25, -0.2) is 4.39 Å². The van der Waals surface area contributed by atoms with Crippen LogP contribution in [0.4, 0.5) is 4.39 Å². The summed E-state index contributed by atoms with van der Waals surface area (Å²) in [6, 6.07) is 12.0. The van der Waals surface area contributed by atoms with Crippen LogP contribution in [-0.2, 0) is 13.2 Å². The summed E-state index contributed by atoms with van der Waals surface area (Å²) >= 11 is 0. The first kappa shape index (κ1) is 15.3. The zero-order valence-electron chi connectivity index (χ0n) is 12.1. The Hall–Kier alpha value is -2.07. The number of halogens is 1. The zero-order chi connectivity index (χ0) is 15.1. The lowest BCUT2D eigenvalue weighted by molar-refractivity contribution is 0.261. The highest BCUT2D eigenvalue weighted by atomic mass is 19.1. The van der Waals surface area contributed by atoms with Crippen LogP contribution in [0.25, 0.3) is 0 Å². The Balaban J connectivity index is 2.11. The van der Waals surface area contributed by atoms with E-state index < -0.39 is 0 Å². The summed E-state index contributed by atoms with van der Waals surface area (Å²) in [5, 5.41) is 0. The fraction of sp³-hybridized carbons (Fsp3) is 0.294. The van der Waals surface area contributed by atoms with Gasteiger partial charge in [-0.2, -0.15) is 0 Å². The van der Waals surface area contributed by atoms with Crippen LogP contribution >= 0.6 is 0 Å². The van der Waals surface area contributed by atoms with Gasteiger partial charge in [-0.3, -0.25) is 0 Å². The van der Waals surface area contributed by atoms with Crippen molar-refractivity contribution in [2.75, 3.05) is 6.61 Å². The maximum absolute atomic E-state index is 13.3. The molecule has 0 aliphatic carbocycles. The highest BCUT2D eigenvalue weighted by Crippen LogP contribution is 2.27. The molecule has 0 heterocycles. The molecule has 0 saturated carbocycles. The number of benzene rings is 2. The smallest absolute Gasteiger partial charge is 0.161 e. The SMILES string of the molecule is CCCOc1ccccc1OCc1cc(F)ccc1CN. The molecule has 21 heavy (non-hydrogen) atoms. The molecule has 3 nitrogen and oxygen atoms in total. The molecule has 0 amide bonds. The van der Waals surface area contributed by atoms with E-state index in [1.54, 1.807) is 6.07 Å². The Bertz CT molecular complexity index is 587. The van der Waals surface area contributed by atoms with Crippen molar-refractivity contribution >= 4 is 0 Å². The summed E-state index contributed by atoms with van der Waals surface area (Å²) < 4.78 is 24.7. The molecule has 0 unspecified atom stereocenters.